The zero-order valence-electron chi connectivity index (χ0n) is 19.4. The SMILES string of the molecule is Cc1c(C(=O)NC2CCCCC2)cc(-c2ccc(C(F)(F)F)cc2Cl)n1CC1CCCCC1O. The lowest BCUT2D eigenvalue weighted by molar-refractivity contribution is -0.137. The predicted octanol–water partition coefficient (Wildman–Crippen LogP) is 6.75. The van der Waals surface area contributed by atoms with Crippen LogP contribution in [0.4, 0.5) is 13.2 Å². The summed E-state index contributed by atoms with van der Waals surface area (Å²) in [6.07, 6.45) is 3.95. The molecule has 2 aliphatic carbocycles. The summed E-state index contributed by atoms with van der Waals surface area (Å²) in [5.41, 5.74) is 1.47. The van der Waals surface area contributed by atoms with Crippen molar-refractivity contribution in [2.75, 3.05) is 0 Å². The molecule has 2 fully saturated rings. The number of hydrogen-bond donors (Lipinski definition) is 2. The molecule has 34 heavy (non-hydrogen) atoms. The molecule has 0 saturated heterocycles. The van der Waals surface area contributed by atoms with Gasteiger partial charge in [0.25, 0.3) is 5.91 Å². The molecule has 1 aromatic carbocycles. The highest BCUT2D eigenvalue weighted by Crippen LogP contribution is 2.38. The van der Waals surface area contributed by atoms with Crippen LogP contribution in [0.3, 0.4) is 0 Å². The number of alkyl halides is 3. The van der Waals surface area contributed by atoms with E-state index in [-0.39, 0.29) is 22.9 Å². The van der Waals surface area contributed by atoms with Gasteiger partial charge in [0, 0.05) is 29.8 Å². The molecule has 0 bridgehead atoms. The maximum absolute atomic E-state index is 13.2. The second-order valence-corrected chi connectivity index (χ2v) is 10.2. The molecule has 8 heteroatoms. The van der Waals surface area contributed by atoms with E-state index in [0.717, 1.165) is 69.2 Å². The molecule has 186 valence electrons. The zero-order chi connectivity index (χ0) is 24.5. The number of nitrogens with one attached hydrogen (secondary N) is 1. The van der Waals surface area contributed by atoms with Crippen LogP contribution in [0.25, 0.3) is 11.3 Å². The Morgan fingerprint density at radius 2 is 1.76 bits per heavy atom. The number of nitrogens with zero attached hydrogens (tertiary/aromatic N) is 1. The van der Waals surface area contributed by atoms with Crippen LogP contribution in [0.5, 0.6) is 0 Å². The third kappa shape index (κ3) is 5.46. The minimum atomic E-state index is -4.49. The van der Waals surface area contributed by atoms with Gasteiger partial charge in [0.1, 0.15) is 0 Å². The van der Waals surface area contributed by atoms with Crippen molar-refractivity contribution in [3.63, 3.8) is 0 Å². The Morgan fingerprint density at radius 3 is 2.41 bits per heavy atom. The largest absolute Gasteiger partial charge is 0.416 e. The number of carbonyl (C=O) groups is 1. The molecule has 2 atom stereocenters. The molecule has 4 nitrogen and oxygen atoms in total. The van der Waals surface area contributed by atoms with E-state index in [4.69, 9.17) is 11.6 Å². The number of carbonyl (C=O) groups excluding carboxylic acids is 1. The first-order valence-electron chi connectivity index (χ1n) is 12.2. The Balaban J connectivity index is 1.71. The van der Waals surface area contributed by atoms with E-state index in [1.165, 1.54) is 12.5 Å². The predicted molar refractivity (Wildman–Crippen MR) is 127 cm³/mol. The molecule has 0 radical (unpaired) electrons. The summed E-state index contributed by atoms with van der Waals surface area (Å²) in [6, 6.07) is 5.20. The first-order valence-corrected chi connectivity index (χ1v) is 12.6. The fourth-order valence-electron chi connectivity index (χ4n) is 5.38. The number of halogens is 4. The zero-order valence-corrected chi connectivity index (χ0v) is 20.2. The second-order valence-electron chi connectivity index (χ2n) is 9.75. The van der Waals surface area contributed by atoms with Gasteiger partial charge in [0.2, 0.25) is 0 Å². The van der Waals surface area contributed by atoms with Crippen LogP contribution in [0.1, 0.15) is 79.4 Å². The van der Waals surface area contributed by atoms with Crippen LogP contribution in [0, 0.1) is 12.8 Å². The van der Waals surface area contributed by atoms with Crippen molar-refractivity contribution in [2.24, 2.45) is 5.92 Å². The lowest BCUT2D eigenvalue weighted by atomic mass is 9.86. The van der Waals surface area contributed by atoms with Crippen LogP contribution in [0.15, 0.2) is 24.3 Å². The lowest BCUT2D eigenvalue weighted by Crippen LogP contribution is -2.36. The summed E-state index contributed by atoms with van der Waals surface area (Å²) >= 11 is 6.35. The molecule has 0 aliphatic heterocycles. The normalized spacial score (nSPS) is 22.1. The molecule has 1 aromatic heterocycles. The van der Waals surface area contributed by atoms with Gasteiger partial charge in [-0.05, 0) is 50.8 Å². The van der Waals surface area contributed by atoms with Crippen molar-refractivity contribution in [3.05, 3.63) is 46.1 Å². The third-order valence-corrected chi connectivity index (χ3v) is 7.72. The van der Waals surface area contributed by atoms with Gasteiger partial charge in [-0.15, -0.1) is 0 Å². The lowest BCUT2D eigenvalue weighted by Gasteiger charge is -2.29. The molecular formula is C26H32ClF3N2O2. The van der Waals surface area contributed by atoms with Crippen molar-refractivity contribution in [2.45, 2.75) is 89.6 Å². The fraction of sp³-hybridized carbons (Fsp3) is 0.577. The van der Waals surface area contributed by atoms with Crippen LogP contribution < -0.4 is 5.32 Å². The molecule has 2 aliphatic rings. The Labute approximate surface area is 203 Å². The van der Waals surface area contributed by atoms with Gasteiger partial charge in [-0.25, -0.2) is 0 Å². The summed E-state index contributed by atoms with van der Waals surface area (Å²) in [7, 11) is 0. The number of aliphatic hydroxyl groups is 1. The van der Waals surface area contributed by atoms with Gasteiger partial charge < -0.3 is 15.0 Å². The Kier molecular flexibility index (Phi) is 7.63. The summed E-state index contributed by atoms with van der Waals surface area (Å²) in [5.74, 6) is -0.155. The Morgan fingerprint density at radius 1 is 1.09 bits per heavy atom. The highest BCUT2D eigenvalue weighted by molar-refractivity contribution is 6.33. The van der Waals surface area contributed by atoms with Gasteiger partial charge in [0.05, 0.1) is 27.9 Å². The van der Waals surface area contributed by atoms with Crippen molar-refractivity contribution >= 4 is 17.5 Å². The monoisotopic (exact) mass is 496 g/mol. The molecular weight excluding hydrogens is 465 g/mol. The van der Waals surface area contributed by atoms with Gasteiger partial charge >= 0.3 is 6.18 Å². The molecule has 2 N–H and O–H groups in total. The van der Waals surface area contributed by atoms with Crippen LogP contribution in [0.2, 0.25) is 5.02 Å². The summed E-state index contributed by atoms with van der Waals surface area (Å²) < 4.78 is 41.5. The van der Waals surface area contributed by atoms with E-state index in [2.05, 4.69) is 5.32 Å². The van der Waals surface area contributed by atoms with Crippen molar-refractivity contribution in [3.8, 4) is 11.3 Å². The van der Waals surface area contributed by atoms with Gasteiger partial charge in [0.15, 0.2) is 0 Å². The molecule has 1 amide bonds. The van der Waals surface area contributed by atoms with Gasteiger partial charge in [-0.2, -0.15) is 13.2 Å². The van der Waals surface area contributed by atoms with E-state index in [1.54, 1.807) is 6.07 Å². The summed E-state index contributed by atoms with van der Waals surface area (Å²) in [4.78, 5) is 13.2. The summed E-state index contributed by atoms with van der Waals surface area (Å²) in [6.45, 7) is 2.34. The maximum Gasteiger partial charge on any atom is 0.416 e. The molecule has 0 spiro atoms. The van der Waals surface area contributed by atoms with E-state index in [1.807, 2.05) is 11.5 Å². The van der Waals surface area contributed by atoms with E-state index < -0.39 is 17.8 Å². The van der Waals surface area contributed by atoms with Crippen molar-refractivity contribution < 1.29 is 23.1 Å². The summed E-state index contributed by atoms with van der Waals surface area (Å²) in [5, 5.41) is 13.7. The number of amides is 1. The molecule has 1 heterocycles. The van der Waals surface area contributed by atoms with Crippen molar-refractivity contribution in [1.82, 2.24) is 9.88 Å². The molecule has 2 aromatic rings. The minimum absolute atomic E-state index is 0.0149. The first kappa shape index (κ1) is 25.1. The number of benzene rings is 1. The Hall–Kier alpha value is -1.99. The van der Waals surface area contributed by atoms with E-state index >= 15 is 0 Å². The maximum atomic E-state index is 13.2. The van der Waals surface area contributed by atoms with Crippen LogP contribution >= 0.6 is 11.6 Å². The average molecular weight is 497 g/mol. The molecule has 2 unspecified atom stereocenters. The minimum Gasteiger partial charge on any atom is -0.393 e. The second kappa shape index (κ2) is 10.3. The molecule has 2 saturated carbocycles. The smallest absolute Gasteiger partial charge is 0.393 e. The fourth-order valence-corrected chi connectivity index (χ4v) is 5.66. The first-order chi connectivity index (χ1) is 16.1. The van der Waals surface area contributed by atoms with Gasteiger partial charge in [-0.3, -0.25) is 4.79 Å². The number of aliphatic hydroxyl groups excluding tert-OH is 1. The third-order valence-electron chi connectivity index (χ3n) is 7.41. The standard InChI is InChI=1S/C26H32ClF3N2O2/c1-16-21(25(34)31-19-8-3-2-4-9-19)14-23(32(16)15-17-7-5-6-10-24(17)33)20-12-11-18(13-22(20)27)26(28,29)30/h11-14,17,19,24,33H,2-10,15H2,1H3,(H,31,34). The number of aromatic nitrogens is 1. The molecule has 4 rings (SSSR count). The van der Waals surface area contributed by atoms with Crippen LogP contribution in [-0.2, 0) is 12.7 Å². The average Bonchev–Trinajstić information content (AvgIpc) is 3.11. The quantitative estimate of drug-likeness (QED) is 0.481. The van der Waals surface area contributed by atoms with Crippen LogP contribution in [-0.4, -0.2) is 27.7 Å². The number of rotatable bonds is 5. The highest BCUT2D eigenvalue weighted by atomic mass is 35.5. The van der Waals surface area contributed by atoms with Gasteiger partial charge in [-0.1, -0.05) is 49.8 Å². The highest BCUT2D eigenvalue weighted by Gasteiger charge is 2.32. The topological polar surface area (TPSA) is 54.3 Å². The Bertz CT molecular complexity index is 1030. The number of hydrogen-bond acceptors (Lipinski definition) is 2. The van der Waals surface area contributed by atoms with E-state index in [9.17, 15) is 23.1 Å². The van der Waals surface area contributed by atoms with E-state index in [0.29, 0.717) is 23.4 Å². The van der Waals surface area contributed by atoms with Crippen molar-refractivity contribution in [1.29, 1.82) is 0 Å².